The summed E-state index contributed by atoms with van der Waals surface area (Å²) in [6, 6.07) is 11.1. The number of unbranched alkanes of at least 4 members (excludes halogenated alkanes) is 2. The third-order valence-corrected chi connectivity index (χ3v) is 3.72. The van der Waals surface area contributed by atoms with E-state index in [0.717, 1.165) is 18.9 Å². The maximum absolute atomic E-state index is 12.2. The van der Waals surface area contributed by atoms with Crippen LogP contribution in [0.5, 0.6) is 5.75 Å². The van der Waals surface area contributed by atoms with E-state index in [2.05, 4.69) is 12.2 Å². The van der Waals surface area contributed by atoms with Crippen molar-refractivity contribution in [1.82, 2.24) is 0 Å². The number of nitro groups is 1. The van der Waals surface area contributed by atoms with Crippen molar-refractivity contribution in [1.29, 1.82) is 0 Å². The molecule has 0 spiro atoms. The maximum Gasteiger partial charge on any atom is 0.312 e. The van der Waals surface area contributed by atoms with E-state index in [1.807, 2.05) is 12.1 Å². The Morgan fingerprint density at radius 3 is 2.50 bits per heavy atom. The van der Waals surface area contributed by atoms with Crippen LogP contribution in [0.25, 0.3) is 0 Å². The average molecular weight is 328 g/mol. The smallest absolute Gasteiger partial charge is 0.312 e. The summed E-state index contributed by atoms with van der Waals surface area (Å²) in [6.45, 7) is 2.15. The predicted molar refractivity (Wildman–Crippen MR) is 92.4 cm³/mol. The van der Waals surface area contributed by atoms with Crippen LogP contribution >= 0.6 is 0 Å². The normalized spacial score (nSPS) is 10.4. The van der Waals surface area contributed by atoms with Crippen LogP contribution in [0.3, 0.4) is 0 Å². The fraction of sp³-hybridized carbons (Fsp3) is 0.278. The first-order valence-electron chi connectivity index (χ1n) is 7.89. The Bertz CT molecular complexity index is 726. The van der Waals surface area contributed by atoms with E-state index in [-0.39, 0.29) is 11.6 Å². The number of amides is 1. The van der Waals surface area contributed by atoms with Gasteiger partial charge in [0.25, 0.3) is 5.91 Å². The third-order valence-electron chi connectivity index (χ3n) is 3.72. The molecule has 0 aliphatic heterocycles. The Kier molecular flexibility index (Phi) is 5.89. The molecule has 24 heavy (non-hydrogen) atoms. The summed E-state index contributed by atoms with van der Waals surface area (Å²) in [5, 5.41) is 22.8. The lowest BCUT2D eigenvalue weighted by Crippen LogP contribution is -2.12. The van der Waals surface area contributed by atoms with Gasteiger partial charge in [-0.3, -0.25) is 14.9 Å². The van der Waals surface area contributed by atoms with Crippen LogP contribution < -0.4 is 5.32 Å². The van der Waals surface area contributed by atoms with Crippen molar-refractivity contribution in [2.75, 3.05) is 5.32 Å². The summed E-state index contributed by atoms with van der Waals surface area (Å²) < 4.78 is 0. The first-order valence-corrected chi connectivity index (χ1v) is 7.89. The summed E-state index contributed by atoms with van der Waals surface area (Å²) in [4.78, 5) is 22.3. The van der Waals surface area contributed by atoms with Crippen molar-refractivity contribution < 1.29 is 14.8 Å². The minimum atomic E-state index is -0.698. The number of benzene rings is 2. The number of hydrogen-bond acceptors (Lipinski definition) is 4. The lowest BCUT2D eigenvalue weighted by molar-refractivity contribution is -0.385. The SMILES string of the molecule is CCCCCc1ccc(C(=O)Nc2ccc(O)c([N+](=O)[O-])c2)cc1. The standard InChI is InChI=1S/C18H20N2O4/c1-2-3-4-5-13-6-8-14(9-7-13)18(22)19-15-10-11-17(21)16(12-15)20(23)24/h6-12,21H,2-5H2,1H3,(H,19,22). The molecule has 0 saturated carbocycles. The van der Waals surface area contributed by atoms with Crippen LogP contribution in [0.2, 0.25) is 0 Å². The van der Waals surface area contributed by atoms with Crippen LogP contribution in [0.15, 0.2) is 42.5 Å². The van der Waals surface area contributed by atoms with Gasteiger partial charge in [-0.05, 0) is 42.7 Å². The molecule has 126 valence electrons. The summed E-state index contributed by atoms with van der Waals surface area (Å²) in [5.41, 5.74) is 1.47. The molecule has 0 atom stereocenters. The van der Waals surface area contributed by atoms with Gasteiger partial charge in [0.15, 0.2) is 5.75 Å². The Labute approximate surface area is 140 Å². The zero-order valence-electron chi connectivity index (χ0n) is 13.5. The number of carbonyl (C=O) groups excluding carboxylic acids is 1. The number of hydrogen-bond donors (Lipinski definition) is 2. The molecule has 0 radical (unpaired) electrons. The second-order valence-corrected chi connectivity index (χ2v) is 5.57. The lowest BCUT2D eigenvalue weighted by atomic mass is 10.1. The van der Waals surface area contributed by atoms with Gasteiger partial charge in [0.05, 0.1) is 4.92 Å². The molecule has 2 aromatic carbocycles. The van der Waals surface area contributed by atoms with Crippen LogP contribution in [0.1, 0.15) is 42.1 Å². The zero-order chi connectivity index (χ0) is 17.5. The second kappa shape index (κ2) is 8.10. The minimum Gasteiger partial charge on any atom is -0.502 e. The molecule has 0 aromatic heterocycles. The molecular formula is C18H20N2O4. The minimum absolute atomic E-state index is 0.261. The lowest BCUT2D eigenvalue weighted by Gasteiger charge is -2.07. The number of nitrogens with one attached hydrogen (secondary N) is 1. The molecular weight excluding hydrogens is 308 g/mol. The average Bonchev–Trinajstić information content (AvgIpc) is 2.57. The number of phenols is 1. The highest BCUT2D eigenvalue weighted by Crippen LogP contribution is 2.28. The first kappa shape index (κ1) is 17.5. The number of nitrogens with zero attached hydrogens (tertiary/aromatic N) is 1. The van der Waals surface area contributed by atoms with Gasteiger partial charge in [-0.2, -0.15) is 0 Å². The third kappa shape index (κ3) is 4.55. The number of rotatable bonds is 7. The number of carbonyl (C=O) groups is 1. The number of aromatic hydroxyl groups is 1. The van der Waals surface area contributed by atoms with Gasteiger partial charge in [0.2, 0.25) is 0 Å². The number of aryl methyl sites for hydroxylation is 1. The van der Waals surface area contributed by atoms with Crippen molar-refractivity contribution in [2.45, 2.75) is 32.6 Å². The van der Waals surface area contributed by atoms with E-state index in [0.29, 0.717) is 5.56 Å². The van der Waals surface area contributed by atoms with Crippen LogP contribution in [-0.4, -0.2) is 15.9 Å². The fourth-order valence-corrected chi connectivity index (χ4v) is 2.35. The van der Waals surface area contributed by atoms with Crippen LogP contribution in [0, 0.1) is 10.1 Å². The quantitative estimate of drug-likeness (QED) is 0.343. The van der Waals surface area contributed by atoms with E-state index in [1.54, 1.807) is 12.1 Å². The van der Waals surface area contributed by atoms with Crippen molar-refractivity contribution in [2.24, 2.45) is 0 Å². The van der Waals surface area contributed by atoms with Gasteiger partial charge in [-0.1, -0.05) is 31.9 Å². The predicted octanol–water partition coefficient (Wildman–Crippen LogP) is 4.29. The van der Waals surface area contributed by atoms with Crippen molar-refractivity contribution in [3.05, 3.63) is 63.7 Å². The van der Waals surface area contributed by atoms with Crippen molar-refractivity contribution in [3.63, 3.8) is 0 Å². The molecule has 0 aliphatic rings. The van der Waals surface area contributed by atoms with Gasteiger partial charge in [0, 0.05) is 17.3 Å². The summed E-state index contributed by atoms with van der Waals surface area (Å²) in [6.07, 6.45) is 4.46. The summed E-state index contributed by atoms with van der Waals surface area (Å²) in [5.74, 6) is -0.787. The molecule has 0 aliphatic carbocycles. The second-order valence-electron chi connectivity index (χ2n) is 5.57. The number of anilines is 1. The highest BCUT2D eigenvalue weighted by atomic mass is 16.6. The van der Waals surface area contributed by atoms with E-state index in [1.165, 1.54) is 30.5 Å². The summed E-state index contributed by atoms with van der Waals surface area (Å²) >= 11 is 0. The molecule has 2 rings (SSSR count). The first-order chi connectivity index (χ1) is 11.5. The molecule has 0 fully saturated rings. The van der Waals surface area contributed by atoms with Crippen LogP contribution in [0.4, 0.5) is 11.4 Å². The maximum atomic E-state index is 12.2. The number of nitro benzene ring substituents is 1. The molecule has 1 amide bonds. The molecule has 0 unspecified atom stereocenters. The van der Waals surface area contributed by atoms with E-state index in [9.17, 15) is 20.0 Å². The highest BCUT2D eigenvalue weighted by Gasteiger charge is 2.15. The highest BCUT2D eigenvalue weighted by molar-refractivity contribution is 6.04. The topological polar surface area (TPSA) is 92.5 Å². The Balaban J connectivity index is 2.04. The van der Waals surface area contributed by atoms with Gasteiger partial charge >= 0.3 is 5.69 Å². The molecule has 6 nitrogen and oxygen atoms in total. The fourth-order valence-electron chi connectivity index (χ4n) is 2.35. The molecule has 0 heterocycles. The number of phenolic OH excluding ortho intramolecular Hbond substituents is 1. The summed E-state index contributed by atoms with van der Waals surface area (Å²) in [7, 11) is 0. The van der Waals surface area contributed by atoms with Gasteiger partial charge in [-0.15, -0.1) is 0 Å². The largest absolute Gasteiger partial charge is 0.502 e. The monoisotopic (exact) mass is 328 g/mol. The van der Waals surface area contributed by atoms with Gasteiger partial charge < -0.3 is 10.4 Å². The molecule has 2 N–H and O–H groups in total. The van der Waals surface area contributed by atoms with Crippen LogP contribution in [-0.2, 0) is 6.42 Å². The van der Waals surface area contributed by atoms with E-state index < -0.39 is 16.4 Å². The van der Waals surface area contributed by atoms with Crippen molar-refractivity contribution >= 4 is 17.3 Å². The Hall–Kier alpha value is -2.89. The van der Waals surface area contributed by atoms with E-state index >= 15 is 0 Å². The van der Waals surface area contributed by atoms with Crippen molar-refractivity contribution in [3.8, 4) is 5.75 Å². The molecule has 0 saturated heterocycles. The molecule has 6 heteroatoms. The zero-order valence-corrected chi connectivity index (χ0v) is 13.5. The Morgan fingerprint density at radius 2 is 1.88 bits per heavy atom. The van der Waals surface area contributed by atoms with E-state index in [4.69, 9.17) is 0 Å². The Morgan fingerprint density at radius 1 is 1.17 bits per heavy atom. The molecule has 0 bridgehead atoms. The van der Waals surface area contributed by atoms with Gasteiger partial charge in [0.1, 0.15) is 0 Å². The molecule has 2 aromatic rings. The van der Waals surface area contributed by atoms with Gasteiger partial charge in [-0.25, -0.2) is 0 Å².